The van der Waals surface area contributed by atoms with E-state index in [1.165, 1.54) is 34.4 Å². The van der Waals surface area contributed by atoms with Crippen molar-refractivity contribution in [1.29, 1.82) is 0 Å². The predicted molar refractivity (Wildman–Crippen MR) is 97.7 cm³/mol. The lowest BCUT2D eigenvalue weighted by Gasteiger charge is -2.34. The number of carbonyl (C=O) groups is 2. The molecule has 1 saturated heterocycles. The molecule has 1 aliphatic heterocycles. The summed E-state index contributed by atoms with van der Waals surface area (Å²) in [4.78, 5) is 32.7. The van der Waals surface area contributed by atoms with Crippen LogP contribution in [0.2, 0.25) is 0 Å². The van der Waals surface area contributed by atoms with E-state index in [1.54, 1.807) is 23.5 Å². The largest absolute Gasteiger partial charge is 0.434 e. The minimum Gasteiger partial charge on any atom is -0.434 e. The van der Waals surface area contributed by atoms with E-state index in [0.717, 1.165) is 5.01 Å². The van der Waals surface area contributed by atoms with Crippen LogP contribution in [-0.2, 0) is 11.3 Å². The lowest BCUT2D eigenvalue weighted by molar-refractivity contribution is -0.0503. The Morgan fingerprint density at radius 3 is 2.43 bits per heavy atom. The van der Waals surface area contributed by atoms with E-state index < -0.39 is 12.5 Å². The van der Waals surface area contributed by atoms with Gasteiger partial charge in [0.15, 0.2) is 0 Å². The number of ether oxygens (including phenoxy) is 2. The highest BCUT2D eigenvalue weighted by atomic mass is 32.1. The second-order valence-electron chi connectivity index (χ2n) is 6.02. The summed E-state index contributed by atoms with van der Waals surface area (Å²) in [6.07, 6.45) is 0. The maximum absolute atomic E-state index is 12.7. The zero-order chi connectivity index (χ0) is 20.1. The molecule has 1 aliphatic rings. The number of aromatic nitrogens is 1. The average Bonchev–Trinajstić information content (AvgIpc) is 3.16. The third kappa shape index (κ3) is 4.63. The predicted octanol–water partition coefficient (Wildman–Crippen LogP) is 2.49. The second-order valence-corrected chi connectivity index (χ2v) is 6.96. The van der Waals surface area contributed by atoms with Crippen molar-refractivity contribution >= 4 is 23.2 Å². The number of amides is 2. The van der Waals surface area contributed by atoms with Crippen molar-refractivity contribution in [2.45, 2.75) is 13.2 Å². The number of halogens is 2. The molecule has 7 nitrogen and oxygen atoms in total. The number of methoxy groups -OCH3 is 1. The Morgan fingerprint density at radius 2 is 1.79 bits per heavy atom. The number of rotatable bonds is 6. The van der Waals surface area contributed by atoms with Crippen molar-refractivity contribution in [3.05, 3.63) is 45.9 Å². The van der Waals surface area contributed by atoms with Gasteiger partial charge in [-0.3, -0.25) is 9.59 Å². The Hall–Kier alpha value is -2.59. The number of benzene rings is 1. The van der Waals surface area contributed by atoms with E-state index in [9.17, 15) is 18.4 Å². The van der Waals surface area contributed by atoms with Gasteiger partial charge in [-0.2, -0.15) is 8.78 Å². The van der Waals surface area contributed by atoms with Gasteiger partial charge >= 0.3 is 6.61 Å². The Balaban J connectivity index is 1.62. The van der Waals surface area contributed by atoms with E-state index >= 15 is 0 Å². The van der Waals surface area contributed by atoms with Gasteiger partial charge in [-0.25, -0.2) is 4.98 Å². The van der Waals surface area contributed by atoms with Gasteiger partial charge < -0.3 is 19.3 Å². The van der Waals surface area contributed by atoms with Crippen molar-refractivity contribution in [1.82, 2.24) is 14.8 Å². The molecular weight excluding hydrogens is 392 g/mol. The number of piperazine rings is 1. The standard InChI is InChI=1S/C18H19F2N3O4S/c1-26-10-15-21-13(11-28-15)17(25)23-8-6-22(7-9-23)16(24)12-4-2-3-5-14(12)27-18(19)20/h2-5,11,18H,6-10H2,1H3. The summed E-state index contributed by atoms with van der Waals surface area (Å²) in [5, 5.41) is 2.40. The summed E-state index contributed by atoms with van der Waals surface area (Å²) in [6, 6.07) is 5.89. The van der Waals surface area contributed by atoms with Gasteiger partial charge in [0.05, 0.1) is 12.2 Å². The van der Waals surface area contributed by atoms with E-state index in [4.69, 9.17) is 4.74 Å². The van der Waals surface area contributed by atoms with Gasteiger partial charge in [-0.1, -0.05) is 12.1 Å². The normalized spacial score (nSPS) is 14.4. The Labute approximate surface area is 164 Å². The van der Waals surface area contributed by atoms with Crippen LogP contribution in [0.25, 0.3) is 0 Å². The van der Waals surface area contributed by atoms with E-state index in [1.807, 2.05) is 0 Å². The number of nitrogens with zero attached hydrogens (tertiary/aromatic N) is 3. The minimum atomic E-state index is -3.01. The molecule has 2 aromatic rings. The van der Waals surface area contributed by atoms with Gasteiger partial charge in [-0.15, -0.1) is 11.3 Å². The lowest BCUT2D eigenvalue weighted by Crippen LogP contribution is -2.50. The Kier molecular flexibility index (Phi) is 6.53. The average molecular weight is 411 g/mol. The summed E-state index contributed by atoms with van der Waals surface area (Å²) in [6.45, 7) is -1.41. The molecule has 2 heterocycles. The maximum Gasteiger partial charge on any atom is 0.387 e. The number of carbonyl (C=O) groups excluding carboxylic acids is 2. The number of hydrogen-bond donors (Lipinski definition) is 0. The number of alkyl halides is 2. The van der Waals surface area contributed by atoms with Crippen molar-refractivity contribution in [2.24, 2.45) is 0 Å². The topological polar surface area (TPSA) is 72.0 Å². The van der Waals surface area contributed by atoms with Gasteiger partial charge in [0.1, 0.15) is 16.5 Å². The first-order chi connectivity index (χ1) is 13.5. The molecule has 2 amide bonds. The molecule has 0 bridgehead atoms. The van der Waals surface area contributed by atoms with Crippen LogP contribution in [0, 0.1) is 0 Å². The van der Waals surface area contributed by atoms with Crippen LogP contribution in [0.1, 0.15) is 25.9 Å². The minimum absolute atomic E-state index is 0.0753. The van der Waals surface area contributed by atoms with Crippen LogP contribution in [0.15, 0.2) is 29.6 Å². The molecule has 10 heteroatoms. The zero-order valence-electron chi connectivity index (χ0n) is 15.1. The molecule has 3 rings (SSSR count). The monoisotopic (exact) mass is 411 g/mol. The first-order valence-corrected chi connectivity index (χ1v) is 9.43. The third-order valence-corrected chi connectivity index (χ3v) is 5.05. The van der Waals surface area contributed by atoms with Gasteiger partial charge in [-0.05, 0) is 12.1 Å². The smallest absolute Gasteiger partial charge is 0.387 e. The molecule has 28 heavy (non-hydrogen) atoms. The molecule has 1 aromatic carbocycles. The number of thiazole rings is 1. The summed E-state index contributed by atoms with van der Waals surface area (Å²) >= 11 is 1.35. The first kappa shape index (κ1) is 20.2. The first-order valence-electron chi connectivity index (χ1n) is 8.55. The fourth-order valence-electron chi connectivity index (χ4n) is 2.89. The number of hydrogen-bond acceptors (Lipinski definition) is 6. The molecule has 0 saturated carbocycles. The summed E-state index contributed by atoms with van der Waals surface area (Å²) in [5.74, 6) is -0.763. The van der Waals surface area contributed by atoms with E-state index in [-0.39, 0.29) is 17.2 Å². The molecule has 0 spiro atoms. The quantitative estimate of drug-likeness (QED) is 0.730. The van der Waals surface area contributed by atoms with Gasteiger partial charge in [0.25, 0.3) is 11.8 Å². The summed E-state index contributed by atoms with van der Waals surface area (Å²) in [5.41, 5.74) is 0.429. The molecule has 1 aromatic heterocycles. The van der Waals surface area contributed by atoms with E-state index in [0.29, 0.717) is 38.5 Å². The highest BCUT2D eigenvalue weighted by molar-refractivity contribution is 7.09. The van der Waals surface area contributed by atoms with Crippen LogP contribution in [-0.4, -0.2) is 66.5 Å². The molecule has 0 aliphatic carbocycles. The van der Waals surface area contributed by atoms with Crippen LogP contribution in [0.3, 0.4) is 0 Å². The molecule has 0 radical (unpaired) electrons. The van der Waals surface area contributed by atoms with E-state index in [2.05, 4.69) is 9.72 Å². The highest BCUT2D eigenvalue weighted by Crippen LogP contribution is 2.23. The SMILES string of the molecule is COCc1nc(C(=O)N2CCN(C(=O)c3ccccc3OC(F)F)CC2)cs1. The fourth-order valence-corrected chi connectivity index (χ4v) is 3.62. The summed E-state index contributed by atoms with van der Waals surface area (Å²) in [7, 11) is 1.56. The van der Waals surface area contributed by atoms with Crippen molar-refractivity contribution < 1.29 is 27.8 Å². The molecule has 0 atom stereocenters. The van der Waals surface area contributed by atoms with Crippen LogP contribution >= 0.6 is 11.3 Å². The molecule has 0 unspecified atom stereocenters. The third-order valence-electron chi connectivity index (χ3n) is 4.23. The zero-order valence-corrected chi connectivity index (χ0v) is 16.0. The number of para-hydroxylation sites is 1. The van der Waals surface area contributed by atoms with Gasteiger partial charge in [0.2, 0.25) is 0 Å². The summed E-state index contributed by atoms with van der Waals surface area (Å²) < 4.78 is 34.5. The molecule has 0 N–H and O–H groups in total. The van der Waals surface area contributed by atoms with Crippen LogP contribution in [0.4, 0.5) is 8.78 Å². The van der Waals surface area contributed by atoms with Crippen molar-refractivity contribution in [2.75, 3.05) is 33.3 Å². The Bertz CT molecular complexity index is 838. The van der Waals surface area contributed by atoms with Crippen LogP contribution in [0.5, 0.6) is 5.75 Å². The lowest BCUT2D eigenvalue weighted by atomic mass is 10.1. The fraction of sp³-hybridized carbons (Fsp3) is 0.389. The molecule has 150 valence electrons. The molecule has 1 fully saturated rings. The Morgan fingerprint density at radius 1 is 1.14 bits per heavy atom. The second kappa shape index (κ2) is 9.07. The van der Waals surface area contributed by atoms with Crippen molar-refractivity contribution in [3.63, 3.8) is 0 Å². The van der Waals surface area contributed by atoms with Crippen molar-refractivity contribution in [3.8, 4) is 5.75 Å². The van der Waals surface area contributed by atoms with Crippen LogP contribution < -0.4 is 4.74 Å². The molecular formula is C18H19F2N3O4S. The highest BCUT2D eigenvalue weighted by Gasteiger charge is 2.28. The van der Waals surface area contributed by atoms with Gasteiger partial charge in [0, 0.05) is 38.7 Å². The maximum atomic E-state index is 12.7.